The Kier molecular flexibility index (Phi) is 6.36. The minimum absolute atomic E-state index is 0.196. The molecular formula is C27H23FN4O4. The van der Waals surface area contributed by atoms with Crippen LogP contribution in [-0.4, -0.2) is 30.1 Å². The number of aromatic nitrogens is 1. The fraction of sp³-hybridized carbons (Fsp3) is 0.148. The van der Waals surface area contributed by atoms with Crippen molar-refractivity contribution in [2.45, 2.75) is 18.9 Å². The molecule has 0 spiro atoms. The number of urea groups is 1. The maximum Gasteiger partial charge on any atom is 0.323 e. The van der Waals surface area contributed by atoms with Crippen molar-refractivity contribution in [3.8, 4) is 17.2 Å². The Morgan fingerprint density at radius 2 is 1.72 bits per heavy atom. The van der Waals surface area contributed by atoms with Crippen LogP contribution in [0, 0.1) is 5.82 Å². The Balaban J connectivity index is 1.32. The van der Waals surface area contributed by atoms with Gasteiger partial charge in [-0.1, -0.05) is 6.07 Å². The van der Waals surface area contributed by atoms with Crippen LogP contribution in [0.15, 0.2) is 72.9 Å². The molecule has 3 aromatic carbocycles. The van der Waals surface area contributed by atoms with Gasteiger partial charge in [0.25, 0.3) is 5.91 Å². The standard InChI is InChI=1S/C27H23FN4O4/c1-35-25-15-23-21(14-22(25)26(33)30-17-5-6-17)24(11-12-29-23)36-20-9-7-18(8-10-20)31-27(34)32-19-4-2-3-16(28)13-19/h2-4,7-15,17H,5-6H2,1H3,(H,30,33)(H2,31,32,34). The molecular weight excluding hydrogens is 463 g/mol. The number of ether oxygens (including phenoxy) is 2. The lowest BCUT2D eigenvalue weighted by Crippen LogP contribution is -2.25. The van der Waals surface area contributed by atoms with Crippen LogP contribution in [0.5, 0.6) is 17.2 Å². The smallest absolute Gasteiger partial charge is 0.323 e. The third kappa shape index (κ3) is 5.35. The summed E-state index contributed by atoms with van der Waals surface area (Å²) in [6, 6.07) is 17.3. The van der Waals surface area contributed by atoms with Crippen molar-refractivity contribution in [3.05, 3.63) is 84.3 Å². The summed E-state index contributed by atoms with van der Waals surface area (Å²) in [6.45, 7) is 0. The molecule has 4 aromatic rings. The Morgan fingerprint density at radius 1 is 0.944 bits per heavy atom. The van der Waals surface area contributed by atoms with E-state index in [1.165, 1.54) is 25.3 Å². The summed E-state index contributed by atoms with van der Waals surface area (Å²) in [7, 11) is 1.52. The topological polar surface area (TPSA) is 102 Å². The molecule has 0 bridgehead atoms. The molecule has 0 atom stereocenters. The minimum atomic E-state index is -0.500. The van der Waals surface area contributed by atoms with Gasteiger partial charge in [0.05, 0.1) is 18.2 Å². The van der Waals surface area contributed by atoms with Gasteiger partial charge in [-0.15, -0.1) is 0 Å². The Morgan fingerprint density at radius 3 is 2.44 bits per heavy atom. The fourth-order valence-electron chi connectivity index (χ4n) is 3.67. The summed E-state index contributed by atoms with van der Waals surface area (Å²) in [5, 5.41) is 8.90. The van der Waals surface area contributed by atoms with Gasteiger partial charge in [-0.05, 0) is 67.4 Å². The van der Waals surface area contributed by atoms with Crippen molar-refractivity contribution >= 4 is 34.2 Å². The normalized spacial score (nSPS) is 12.6. The molecule has 1 heterocycles. The summed E-state index contributed by atoms with van der Waals surface area (Å²) in [6.07, 6.45) is 3.58. The van der Waals surface area contributed by atoms with Crippen LogP contribution in [0.4, 0.5) is 20.6 Å². The van der Waals surface area contributed by atoms with E-state index in [4.69, 9.17) is 9.47 Å². The van der Waals surface area contributed by atoms with E-state index < -0.39 is 11.8 Å². The SMILES string of the molecule is COc1cc2nccc(Oc3ccc(NC(=O)Nc4cccc(F)c4)cc3)c2cc1C(=O)NC1CC1. The number of anilines is 2. The van der Waals surface area contributed by atoms with E-state index in [-0.39, 0.29) is 11.9 Å². The lowest BCUT2D eigenvalue weighted by atomic mass is 10.1. The highest BCUT2D eigenvalue weighted by atomic mass is 19.1. The van der Waals surface area contributed by atoms with Gasteiger partial charge >= 0.3 is 6.03 Å². The number of hydrogen-bond acceptors (Lipinski definition) is 5. The van der Waals surface area contributed by atoms with E-state index in [2.05, 4.69) is 20.9 Å². The van der Waals surface area contributed by atoms with Crippen LogP contribution in [0.1, 0.15) is 23.2 Å². The van der Waals surface area contributed by atoms with Crippen molar-refractivity contribution < 1.29 is 23.5 Å². The average molecular weight is 487 g/mol. The number of halogens is 1. The number of carbonyl (C=O) groups is 2. The van der Waals surface area contributed by atoms with E-state index in [1.54, 1.807) is 54.7 Å². The second kappa shape index (κ2) is 9.91. The largest absolute Gasteiger partial charge is 0.496 e. The maximum absolute atomic E-state index is 13.3. The zero-order valence-corrected chi connectivity index (χ0v) is 19.4. The third-order valence-corrected chi connectivity index (χ3v) is 5.60. The molecule has 182 valence electrons. The molecule has 3 amide bonds. The highest BCUT2D eigenvalue weighted by molar-refractivity contribution is 6.02. The van der Waals surface area contributed by atoms with Gasteiger partial charge in [0.1, 0.15) is 23.1 Å². The van der Waals surface area contributed by atoms with Crippen LogP contribution >= 0.6 is 0 Å². The fourth-order valence-corrected chi connectivity index (χ4v) is 3.67. The van der Waals surface area contributed by atoms with Crippen molar-refractivity contribution in [1.82, 2.24) is 10.3 Å². The first kappa shape index (κ1) is 23.1. The lowest BCUT2D eigenvalue weighted by Gasteiger charge is -2.13. The Hall–Kier alpha value is -4.66. The average Bonchev–Trinajstić information content (AvgIpc) is 3.68. The molecule has 1 fully saturated rings. The second-order valence-electron chi connectivity index (χ2n) is 8.34. The number of nitrogens with zero attached hydrogens (tertiary/aromatic N) is 1. The molecule has 1 aliphatic rings. The molecule has 1 aliphatic carbocycles. The number of fused-ring (bicyclic) bond motifs is 1. The number of hydrogen-bond donors (Lipinski definition) is 3. The van der Waals surface area contributed by atoms with Gasteiger partial charge in [-0.25, -0.2) is 9.18 Å². The van der Waals surface area contributed by atoms with E-state index in [1.807, 2.05) is 0 Å². The number of methoxy groups -OCH3 is 1. The molecule has 0 aliphatic heterocycles. The monoisotopic (exact) mass is 486 g/mol. The quantitative estimate of drug-likeness (QED) is 0.311. The zero-order valence-electron chi connectivity index (χ0n) is 19.4. The van der Waals surface area contributed by atoms with E-state index in [9.17, 15) is 14.0 Å². The zero-order chi connectivity index (χ0) is 25.1. The number of rotatable bonds is 7. The third-order valence-electron chi connectivity index (χ3n) is 5.60. The van der Waals surface area contributed by atoms with E-state index in [0.29, 0.717) is 45.1 Å². The van der Waals surface area contributed by atoms with E-state index in [0.717, 1.165) is 12.8 Å². The van der Waals surface area contributed by atoms with Crippen molar-refractivity contribution in [3.63, 3.8) is 0 Å². The van der Waals surface area contributed by atoms with Crippen LogP contribution in [0.3, 0.4) is 0 Å². The predicted molar refractivity (Wildman–Crippen MR) is 134 cm³/mol. The Bertz CT molecular complexity index is 1440. The molecule has 36 heavy (non-hydrogen) atoms. The summed E-state index contributed by atoms with van der Waals surface area (Å²) < 4.78 is 24.8. The molecule has 9 heteroatoms. The maximum atomic E-state index is 13.3. The van der Waals surface area contributed by atoms with Crippen LogP contribution < -0.4 is 25.4 Å². The summed E-state index contributed by atoms with van der Waals surface area (Å²) in [5.74, 6) is 0.855. The van der Waals surface area contributed by atoms with Gasteiger partial charge in [0.2, 0.25) is 0 Å². The van der Waals surface area contributed by atoms with Gasteiger partial charge in [-0.3, -0.25) is 9.78 Å². The second-order valence-corrected chi connectivity index (χ2v) is 8.34. The van der Waals surface area contributed by atoms with Crippen molar-refractivity contribution in [2.24, 2.45) is 0 Å². The molecule has 8 nitrogen and oxygen atoms in total. The predicted octanol–water partition coefficient (Wildman–Crippen LogP) is 5.71. The first-order valence-electron chi connectivity index (χ1n) is 11.4. The van der Waals surface area contributed by atoms with Crippen molar-refractivity contribution in [2.75, 3.05) is 17.7 Å². The highest BCUT2D eigenvalue weighted by Gasteiger charge is 2.26. The molecule has 5 rings (SSSR count). The van der Waals surface area contributed by atoms with Crippen LogP contribution in [0.2, 0.25) is 0 Å². The van der Waals surface area contributed by atoms with Gasteiger partial charge in [0, 0.05) is 35.1 Å². The Labute approximate surface area is 206 Å². The van der Waals surface area contributed by atoms with Gasteiger partial charge < -0.3 is 25.4 Å². The number of benzene rings is 3. The minimum Gasteiger partial charge on any atom is -0.496 e. The summed E-state index contributed by atoms with van der Waals surface area (Å²) >= 11 is 0. The highest BCUT2D eigenvalue weighted by Crippen LogP contribution is 2.34. The van der Waals surface area contributed by atoms with Crippen LogP contribution in [0.25, 0.3) is 10.9 Å². The van der Waals surface area contributed by atoms with Crippen LogP contribution in [-0.2, 0) is 0 Å². The summed E-state index contributed by atoms with van der Waals surface area (Å²) in [4.78, 5) is 29.3. The molecule has 3 N–H and O–H groups in total. The van der Waals surface area contributed by atoms with Crippen molar-refractivity contribution in [1.29, 1.82) is 0 Å². The molecule has 1 saturated carbocycles. The lowest BCUT2D eigenvalue weighted by molar-refractivity contribution is 0.0948. The van der Waals surface area contributed by atoms with E-state index >= 15 is 0 Å². The summed E-state index contributed by atoms with van der Waals surface area (Å²) in [5.41, 5.74) is 1.91. The first-order chi connectivity index (χ1) is 17.5. The molecule has 0 radical (unpaired) electrons. The molecule has 1 aromatic heterocycles. The number of carbonyl (C=O) groups excluding carboxylic acids is 2. The first-order valence-corrected chi connectivity index (χ1v) is 11.4. The molecule has 0 saturated heterocycles. The number of amides is 3. The van der Waals surface area contributed by atoms with Gasteiger partial charge in [-0.2, -0.15) is 0 Å². The number of pyridine rings is 1. The van der Waals surface area contributed by atoms with Gasteiger partial charge in [0.15, 0.2) is 0 Å². The number of nitrogens with one attached hydrogen (secondary N) is 3. The molecule has 0 unspecified atom stereocenters.